The Labute approximate surface area is 85.5 Å². The topological polar surface area (TPSA) is 20.3 Å². The molecule has 0 bridgehead atoms. The Hall–Kier alpha value is -1.15. The first-order valence-corrected chi connectivity index (χ1v) is 4.84. The second-order valence-electron chi connectivity index (χ2n) is 3.85. The summed E-state index contributed by atoms with van der Waals surface area (Å²) in [5.74, 6) is 0.224. The third kappa shape index (κ3) is 3.30. The van der Waals surface area contributed by atoms with Gasteiger partial charge >= 0.3 is 0 Å². The molecular formula is C12H17NO. The van der Waals surface area contributed by atoms with Gasteiger partial charge in [-0.05, 0) is 27.1 Å². The highest BCUT2D eigenvalue weighted by Gasteiger charge is 2.05. The summed E-state index contributed by atoms with van der Waals surface area (Å²) in [6.45, 7) is 2.81. The van der Waals surface area contributed by atoms with Crippen molar-refractivity contribution in [1.82, 2.24) is 4.90 Å². The van der Waals surface area contributed by atoms with Gasteiger partial charge in [0.1, 0.15) is 0 Å². The summed E-state index contributed by atoms with van der Waals surface area (Å²) in [5, 5.41) is 0. The number of hydrogen-bond donors (Lipinski definition) is 0. The van der Waals surface area contributed by atoms with Gasteiger partial charge in [-0.25, -0.2) is 0 Å². The maximum absolute atomic E-state index is 11.7. The van der Waals surface area contributed by atoms with Gasteiger partial charge in [-0.3, -0.25) is 4.79 Å². The van der Waals surface area contributed by atoms with E-state index in [0.717, 1.165) is 17.7 Å². The Morgan fingerprint density at radius 2 is 2.07 bits per heavy atom. The number of carbonyl (C=O) groups is 1. The van der Waals surface area contributed by atoms with Crippen LogP contribution in [0.25, 0.3) is 0 Å². The predicted octanol–water partition coefficient (Wildman–Crippen LogP) is 2.13. The number of rotatable bonds is 4. The number of hydrogen-bond acceptors (Lipinski definition) is 2. The monoisotopic (exact) mass is 191 g/mol. The molecule has 0 aromatic heterocycles. The second-order valence-corrected chi connectivity index (χ2v) is 3.85. The van der Waals surface area contributed by atoms with Crippen LogP contribution in [0.2, 0.25) is 0 Å². The average Bonchev–Trinajstić information content (AvgIpc) is 2.14. The Kier molecular flexibility index (Phi) is 3.84. The first-order valence-electron chi connectivity index (χ1n) is 4.84. The Morgan fingerprint density at radius 3 is 2.64 bits per heavy atom. The fourth-order valence-corrected chi connectivity index (χ4v) is 1.29. The molecule has 0 aliphatic rings. The lowest BCUT2D eigenvalue weighted by molar-refractivity contribution is 0.0972. The summed E-state index contributed by atoms with van der Waals surface area (Å²) in [4.78, 5) is 13.7. The summed E-state index contributed by atoms with van der Waals surface area (Å²) < 4.78 is 0. The SMILES string of the molecule is Cc1cccc(C(=O)CCN(C)C)c1. The quantitative estimate of drug-likeness (QED) is 0.679. The van der Waals surface area contributed by atoms with Crippen molar-refractivity contribution in [3.05, 3.63) is 35.4 Å². The van der Waals surface area contributed by atoms with Gasteiger partial charge in [0, 0.05) is 18.5 Å². The van der Waals surface area contributed by atoms with Gasteiger partial charge in [-0.15, -0.1) is 0 Å². The summed E-state index contributed by atoms with van der Waals surface area (Å²) in [7, 11) is 3.95. The van der Waals surface area contributed by atoms with E-state index in [1.54, 1.807) is 0 Å². The first kappa shape index (κ1) is 10.9. The smallest absolute Gasteiger partial charge is 0.164 e. The number of benzene rings is 1. The van der Waals surface area contributed by atoms with Crippen LogP contribution in [0.3, 0.4) is 0 Å². The highest BCUT2D eigenvalue weighted by Crippen LogP contribution is 2.06. The van der Waals surface area contributed by atoms with Gasteiger partial charge in [-0.2, -0.15) is 0 Å². The van der Waals surface area contributed by atoms with Crippen LogP contribution >= 0.6 is 0 Å². The fraction of sp³-hybridized carbons (Fsp3) is 0.417. The number of aryl methyl sites for hydroxylation is 1. The van der Waals surface area contributed by atoms with Crippen molar-refractivity contribution in [2.75, 3.05) is 20.6 Å². The van der Waals surface area contributed by atoms with E-state index in [-0.39, 0.29) is 5.78 Å². The lowest BCUT2D eigenvalue weighted by atomic mass is 10.1. The third-order valence-corrected chi connectivity index (χ3v) is 2.13. The van der Waals surface area contributed by atoms with Crippen molar-refractivity contribution in [1.29, 1.82) is 0 Å². The average molecular weight is 191 g/mol. The van der Waals surface area contributed by atoms with E-state index in [9.17, 15) is 4.79 Å². The summed E-state index contributed by atoms with van der Waals surface area (Å²) in [6.07, 6.45) is 0.594. The van der Waals surface area contributed by atoms with E-state index >= 15 is 0 Å². The van der Waals surface area contributed by atoms with E-state index < -0.39 is 0 Å². The Balaban J connectivity index is 2.61. The molecule has 0 N–H and O–H groups in total. The van der Waals surface area contributed by atoms with Crippen LogP contribution < -0.4 is 0 Å². The standard InChI is InChI=1S/C12H17NO/c1-10-5-4-6-11(9-10)12(14)7-8-13(2)3/h4-6,9H,7-8H2,1-3H3. The molecule has 0 heterocycles. The zero-order valence-electron chi connectivity index (χ0n) is 9.08. The molecule has 14 heavy (non-hydrogen) atoms. The molecule has 0 unspecified atom stereocenters. The van der Waals surface area contributed by atoms with Gasteiger partial charge in [-0.1, -0.05) is 23.8 Å². The number of nitrogens with zero attached hydrogens (tertiary/aromatic N) is 1. The highest BCUT2D eigenvalue weighted by molar-refractivity contribution is 5.96. The molecule has 0 amide bonds. The first-order chi connectivity index (χ1) is 6.59. The molecule has 0 atom stereocenters. The van der Waals surface area contributed by atoms with Crippen molar-refractivity contribution in [3.63, 3.8) is 0 Å². The van der Waals surface area contributed by atoms with Crippen molar-refractivity contribution in [2.45, 2.75) is 13.3 Å². The van der Waals surface area contributed by atoms with E-state index in [2.05, 4.69) is 0 Å². The van der Waals surface area contributed by atoms with Crippen molar-refractivity contribution < 1.29 is 4.79 Å². The molecule has 2 heteroatoms. The van der Waals surface area contributed by atoms with Crippen LogP contribution in [0.4, 0.5) is 0 Å². The van der Waals surface area contributed by atoms with Crippen molar-refractivity contribution in [3.8, 4) is 0 Å². The van der Waals surface area contributed by atoms with E-state index in [1.165, 1.54) is 0 Å². The van der Waals surface area contributed by atoms with E-state index in [4.69, 9.17) is 0 Å². The minimum Gasteiger partial charge on any atom is -0.309 e. The molecule has 0 aliphatic carbocycles. The predicted molar refractivity (Wildman–Crippen MR) is 58.7 cm³/mol. The minimum atomic E-state index is 0.224. The van der Waals surface area contributed by atoms with Gasteiger partial charge in [0.25, 0.3) is 0 Å². The molecular weight excluding hydrogens is 174 g/mol. The molecule has 2 nitrogen and oxygen atoms in total. The molecule has 76 valence electrons. The minimum absolute atomic E-state index is 0.224. The normalized spacial score (nSPS) is 10.6. The Bertz CT molecular complexity index is 318. The van der Waals surface area contributed by atoms with Crippen molar-refractivity contribution >= 4 is 5.78 Å². The fourth-order valence-electron chi connectivity index (χ4n) is 1.29. The Morgan fingerprint density at radius 1 is 1.36 bits per heavy atom. The number of Topliss-reactive ketones (excluding diaryl/α,β-unsaturated/α-hetero) is 1. The van der Waals surface area contributed by atoms with Crippen LogP contribution in [0.1, 0.15) is 22.3 Å². The maximum atomic E-state index is 11.7. The van der Waals surface area contributed by atoms with Crippen LogP contribution in [-0.4, -0.2) is 31.3 Å². The largest absolute Gasteiger partial charge is 0.309 e. The number of carbonyl (C=O) groups excluding carboxylic acids is 1. The molecule has 1 aromatic rings. The molecule has 0 radical (unpaired) electrons. The molecule has 1 aromatic carbocycles. The maximum Gasteiger partial charge on any atom is 0.164 e. The summed E-state index contributed by atoms with van der Waals surface area (Å²) in [5.41, 5.74) is 1.97. The molecule has 1 rings (SSSR count). The molecule has 0 aliphatic heterocycles. The molecule has 0 fully saturated rings. The summed E-state index contributed by atoms with van der Waals surface area (Å²) in [6, 6.07) is 7.75. The van der Waals surface area contributed by atoms with Gasteiger partial charge in [0.2, 0.25) is 0 Å². The lowest BCUT2D eigenvalue weighted by Crippen LogP contribution is -2.16. The molecule has 0 spiro atoms. The third-order valence-electron chi connectivity index (χ3n) is 2.13. The second kappa shape index (κ2) is 4.91. The highest BCUT2D eigenvalue weighted by atomic mass is 16.1. The van der Waals surface area contributed by atoms with Crippen LogP contribution in [0.5, 0.6) is 0 Å². The van der Waals surface area contributed by atoms with Crippen LogP contribution in [-0.2, 0) is 0 Å². The number of ketones is 1. The zero-order valence-corrected chi connectivity index (χ0v) is 9.08. The van der Waals surface area contributed by atoms with Crippen LogP contribution in [0.15, 0.2) is 24.3 Å². The lowest BCUT2D eigenvalue weighted by Gasteiger charge is -2.08. The molecule has 0 saturated heterocycles. The van der Waals surface area contributed by atoms with Crippen molar-refractivity contribution in [2.24, 2.45) is 0 Å². The van der Waals surface area contributed by atoms with Crippen LogP contribution in [0, 0.1) is 6.92 Å². The van der Waals surface area contributed by atoms with E-state index in [0.29, 0.717) is 6.42 Å². The van der Waals surface area contributed by atoms with Gasteiger partial charge in [0.15, 0.2) is 5.78 Å². The summed E-state index contributed by atoms with van der Waals surface area (Å²) >= 11 is 0. The molecule has 0 saturated carbocycles. The van der Waals surface area contributed by atoms with Gasteiger partial charge < -0.3 is 4.90 Å². The zero-order chi connectivity index (χ0) is 10.6. The van der Waals surface area contributed by atoms with Gasteiger partial charge in [0.05, 0.1) is 0 Å². The van der Waals surface area contributed by atoms with E-state index in [1.807, 2.05) is 50.2 Å².